The molecule has 0 radical (unpaired) electrons. The predicted molar refractivity (Wildman–Crippen MR) is 84.5 cm³/mol. The van der Waals surface area contributed by atoms with Crippen molar-refractivity contribution in [2.75, 3.05) is 20.3 Å². The van der Waals surface area contributed by atoms with Gasteiger partial charge < -0.3 is 18.9 Å². The van der Waals surface area contributed by atoms with Crippen LogP contribution in [-0.2, 0) is 34.0 Å². The molecule has 0 fully saturated rings. The van der Waals surface area contributed by atoms with E-state index < -0.39 is 0 Å². The number of methoxy groups -OCH3 is 1. The fourth-order valence-electron chi connectivity index (χ4n) is 2.76. The summed E-state index contributed by atoms with van der Waals surface area (Å²) >= 11 is 0. The zero-order chi connectivity index (χ0) is 16.1. The number of ether oxygens (including phenoxy) is 2. The Balaban J connectivity index is 1.70. The van der Waals surface area contributed by atoms with Crippen LogP contribution in [0.5, 0.6) is 0 Å². The molecule has 1 aliphatic heterocycles. The van der Waals surface area contributed by atoms with Crippen LogP contribution in [0.2, 0.25) is 0 Å². The summed E-state index contributed by atoms with van der Waals surface area (Å²) in [5.74, 6) is -0.0165. The van der Waals surface area contributed by atoms with Gasteiger partial charge in [-0.3, -0.25) is 9.78 Å². The highest BCUT2D eigenvalue weighted by Crippen LogP contribution is 2.16. The highest BCUT2D eigenvalue weighted by molar-refractivity contribution is 5.77. The van der Waals surface area contributed by atoms with Gasteiger partial charge in [0.05, 0.1) is 25.8 Å². The van der Waals surface area contributed by atoms with Gasteiger partial charge in [0.2, 0.25) is 5.91 Å². The first-order valence-electron chi connectivity index (χ1n) is 7.67. The van der Waals surface area contributed by atoms with E-state index in [1.165, 1.54) is 7.11 Å². The zero-order valence-corrected chi connectivity index (χ0v) is 13.2. The largest absolute Gasteiger partial charge is 0.375 e. The number of fused-ring (bicyclic) bond motifs is 1. The lowest BCUT2D eigenvalue weighted by molar-refractivity contribution is -0.137. The van der Waals surface area contributed by atoms with Crippen LogP contribution in [0, 0.1) is 0 Å². The second kappa shape index (κ2) is 7.39. The van der Waals surface area contributed by atoms with Gasteiger partial charge in [-0.2, -0.15) is 0 Å². The van der Waals surface area contributed by atoms with E-state index in [4.69, 9.17) is 9.47 Å². The fourth-order valence-corrected chi connectivity index (χ4v) is 2.76. The van der Waals surface area contributed by atoms with E-state index in [0.29, 0.717) is 19.7 Å². The summed E-state index contributed by atoms with van der Waals surface area (Å²) in [4.78, 5) is 18.1. The first-order chi connectivity index (χ1) is 11.3. The minimum absolute atomic E-state index is 0.0165. The Morgan fingerprint density at radius 1 is 1.35 bits per heavy atom. The Hall–Kier alpha value is -2.18. The lowest BCUT2D eigenvalue weighted by Crippen LogP contribution is -2.39. The Kier molecular flexibility index (Phi) is 5.05. The first kappa shape index (κ1) is 15.7. The molecular weight excluding hydrogens is 294 g/mol. The van der Waals surface area contributed by atoms with Crippen molar-refractivity contribution < 1.29 is 14.3 Å². The number of aromatic nitrogens is 2. The van der Waals surface area contributed by atoms with Crippen molar-refractivity contribution in [3.63, 3.8) is 0 Å². The van der Waals surface area contributed by atoms with Crippen molar-refractivity contribution in [2.24, 2.45) is 0 Å². The second-order valence-corrected chi connectivity index (χ2v) is 5.65. The standard InChI is InChI=1S/C17H21N3O3/c1-22-13-17(21)20-9-15-5-3-7-19(15)10-16(11-20)23-12-14-4-2-6-18-8-14/h2-8,16H,9-13H2,1H3/t16-/m0/s1. The third kappa shape index (κ3) is 3.97. The summed E-state index contributed by atoms with van der Waals surface area (Å²) in [7, 11) is 1.54. The monoisotopic (exact) mass is 315 g/mol. The van der Waals surface area contributed by atoms with E-state index in [1.807, 2.05) is 30.5 Å². The molecule has 0 aromatic carbocycles. The van der Waals surface area contributed by atoms with E-state index in [1.54, 1.807) is 17.3 Å². The molecule has 0 bridgehead atoms. The Labute approximate surface area is 135 Å². The van der Waals surface area contributed by atoms with Gasteiger partial charge >= 0.3 is 0 Å². The lowest BCUT2D eigenvalue weighted by atomic mass is 10.3. The number of carbonyl (C=O) groups excluding carboxylic acids is 1. The van der Waals surface area contributed by atoms with E-state index in [9.17, 15) is 4.79 Å². The average molecular weight is 315 g/mol. The highest BCUT2D eigenvalue weighted by atomic mass is 16.5. The molecule has 0 saturated heterocycles. The van der Waals surface area contributed by atoms with E-state index in [-0.39, 0.29) is 18.6 Å². The van der Waals surface area contributed by atoms with E-state index >= 15 is 0 Å². The van der Waals surface area contributed by atoms with Crippen LogP contribution in [0.15, 0.2) is 42.9 Å². The van der Waals surface area contributed by atoms with Gasteiger partial charge in [0.1, 0.15) is 6.61 Å². The molecule has 0 saturated carbocycles. The molecular formula is C17H21N3O3. The lowest BCUT2D eigenvalue weighted by Gasteiger charge is -2.24. The van der Waals surface area contributed by atoms with Crippen molar-refractivity contribution in [3.05, 3.63) is 54.1 Å². The molecule has 0 spiro atoms. The number of pyridine rings is 1. The zero-order valence-electron chi connectivity index (χ0n) is 13.2. The highest BCUT2D eigenvalue weighted by Gasteiger charge is 2.25. The molecule has 2 aromatic heterocycles. The number of rotatable bonds is 5. The minimum Gasteiger partial charge on any atom is -0.375 e. The van der Waals surface area contributed by atoms with Gasteiger partial charge in [-0.15, -0.1) is 0 Å². The Morgan fingerprint density at radius 3 is 3.04 bits per heavy atom. The molecule has 6 nitrogen and oxygen atoms in total. The normalized spacial score (nSPS) is 17.6. The number of amides is 1. The molecule has 1 amide bonds. The van der Waals surface area contributed by atoms with Gasteiger partial charge in [0.25, 0.3) is 0 Å². The summed E-state index contributed by atoms with van der Waals surface area (Å²) in [6, 6.07) is 7.91. The molecule has 2 aromatic rings. The average Bonchev–Trinajstić information content (AvgIpc) is 2.92. The predicted octanol–water partition coefficient (Wildman–Crippen LogP) is 1.46. The molecule has 23 heavy (non-hydrogen) atoms. The van der Waals surface area contributed by atoms with Crippen molar-refractivity contribution in [1.29, 1.82) is 0 Å². The molecule has 0 unspecified atom stereocenters. The molecule has 0 aliphatic carbocycles. The summed E-state index contributed by atoms with van der Waals surface area (Å²) in [6.45, 7) is 2.46. The van der Waals surface area contributed by atoms with Crippen molar-refractivity contribution in [1.82, 2.24) is 14.5 Å². The summed E-state index contributed by atoms with van der Waals surface area (Å²) in [6.07, 6.45) is 5.50. The van der Waals surface area contributed by atoms with Crippen LogP contribution in [-0.4, -0.2) is 46.7 Å². The fraction of sp³-hybridized carbons (Fsp3) is 0.412. The second-order valence-electron chi connectivity index (χ2n) is 5.65. The first-order valence-corrected chi connectivity index (χ1v) is 7.67. The maximum Gasteiger partial charge on any atom is 0.248 e. The van der Waals surface area contributed by atoms with Crippen LogP contribution >= 0.6 is 0 Å². The van der Waals surface area contributed by atoms with Crippen molar-refractivity contribution >= 4 is 5.91 Å². The van der Waals surface area contributed by atoms with Gasteiger partial charge in [-0.1, -0.05) is 6.07 Å². The van der Waals surface area contributed by atoms with Gasteiger partial charge in [-0.05, 0) is 23.8 Å². The van der Waals surface area contributed by atoms with Gasteiger partial charge in [-0.25, -0.2) is 0 Å². The summed E-state index contributed by atoms with van der Waals surface area (Å²) < 4.78 is 13.2. The van der Waals surface area contributed by atoms with Crippen LogP contribution < -0.4 is 0 Å². The van der Waals surface area contributed by atoms with E-state index in [2.05, 4.69) is 9.55 Å². The minimum atomic E-state index is -0.0651. The van der Waals surface area contributed by atoms with Crippen LogP contribution in [0.1, 0.15) is 11.3 Å². The van der Waals surface area contributed by atoms with Gasteiger partial charge in [0.15, 0.2) is 0 Å². The number of hydrogen-bond donors (Lipinski definition) is 0. The van der Waals surface area contributed by atoms with Gasteiger partial charge in [0, 0.05) is 37.9 Å². The number of hydrogen-bond acceptors (Lipinski definition) is 4. The summed E-state index contributed by atoms with van der Waals surface area (Å²) in [5, 5.41) is 0. The van der Waals surface area contributed by atoms with Crippen LogP contribution in [0.4, 0.5) is 0 Å². The third-order valence-corrected chi connectivity index (χ3v) is 3.93. The third-order valence-electron chi connectivity index (χ3n) is 3.93. The van der Waals surface area contributed by atoms with E-state index in [0.717, 1.165) is 17.8 Å². The number of nitrogens with zero attached hydrogens (tertiary/aromatic N) is 3. The van der Waals surface area contributed by atoms with Crippen molar-refractivity contribution in [3.8, 4) is 0 Å². The molecule has 3 rings (SSSR count). The topological polar surface area (TPSA) is 56.6 Å². The Bertz CT molecular complexity index is 642. The number of carbonyl (C=O) groups is 1. The summed E-state index contributed by atoms with van der Waals surface area (Å²) in [5.41, 5.74) is 2.14. The Morgan fingerprint density at radius 2 is 2.26 bits per heavy atom. The molecule has 6 heteroatoms. The molecule has 0 N–H and O–H groups in total. The van der Waals surface area contributed by atoms with Crippen molar-refractivity contribution in [2.45, 2.75) is 25.8 Å². The molecule has 1 atom stereocenters. The molecule has 122 valence electrons. The smallest absolute Gasteiger partial charge is 0.248 e. The molecule has 1 aliphatic rings. The maximum absolute atomic E-state index is 12.2. The SMILES string of the molecule is COCC(=O)N1Cc2cccn2C[C@H](OCc2cccnc2)C1. The van der Waals surface area contributed by atoms with Crippen LogP contribution in [0.25, 0.3) is 0 Å². The molecule has 3 heterocycles. The maximum atomic E-state index is 12.2. The van der Waals surface area contributed by atoms with Crippen LogP contribution in [0.3, 0.4) is 0 Å². The quantitative estimate of drug-likeness (QED) is 0.838.